The molecule has 2 amide bonds. The molecule has 0 spiro atoms. The maximum atomic E-state index is 12.7. The van der Waals surface area contributed by atoms with Crippen molar-refractivity contribution >= 4 is 52.4 Å². The summed E-state index contributed by atoms with van der Waals surface area (Å²) in [4.78, 5) is 46.9. The number of amides is 2. The Kier molecular flexibility index (Phi) is 8.71. The monoisotopic (exact) mass is 637 g/mol. The Morgan fingerprint density at radius 2 is 1.14 bits per heavy atom. The number of carbonyl (C=O) groups excluding carboxylic acids is 2. The minimum absolute atomic E-state index is 0.00124. The summed E-state index contributed by atoms with van der Waals surface area (Å²) in [7, 11) is 0. The summed E-state index contributed by atoms with van der Waals surface area (Å²) in [5.74, 6) is 0.509. The van der Waals surface area contributed by atoms with Crippen molar-refractivity contribution in [1.82, 2.24) is 29.7 Å². The molecule has 0 aliphatic carbocycles. The summed E-state index contributed by atoms with van der Waals surface area (Å²) in [6, 6.07) is 19.7. The lowest BCUT2D eigenvalue weighted by Crippen LogP contribution is -2.37. The number of rotatable bonds is 5. The van der Waals surface area contributed by atoms with E-state index in [4.69, 9.17) is 39.5 Å². The second-order valence-corrected chi connectivity index (χ2v) is 11.2. The van der Waals surface area contributed by atoms with Gasteiger partial charge in [0, 0.05) is 37.3 Å². The van der Waals surface area contributed by atoms with E-state index >= 15 is 0 Å². The maximum absolute atomic E-state index is 12.7. The lowest BCUT2D eigenvalue weighted by atomic mass is 10.2. The number of nitrogens with zero attached hydrogens (tertiary/aromatic N) is 7. The Bertz CT molecular complexity index is 1650. The van der Waals surface area contributed by atoms with Crippen LogP contribution in [-0.2, 0) is 30.9 Å². The highest BCUT2D eigenvalue weighted by Crippen LogP contribution is 2.32. The number of halogens is 3. The third-order valence-corrected chi connectivity index (χ3v) is 7.96. The van der Waals surface area contributed by atoms with Gasteiger partial charge in [-0.1, -0.05) is 72.3 Å². The summed E-state index contributed by atoms with van der Waals surface area (Å²) >= 11 is 17.8. The van der Waals surface area contributed by atoms with Gasteiger partial charge in [0.25, 0.3) is 11.8 Å². The van der Waals surface area contributed by atoms with Crippen molar-refractivity contribution in [2.45, 2.75) is 26.2 Å². The van der Waals surface area contributed by atoms with Crippen molar-refractivity contribution in [3.05, 3.63) is 110 Å². The van der Waals surface area contributed by atoms with Crippen LogP contribution in [0.1, 0.15) is 43.2 Å². The summed E-state index contributed by atoms with van der Waals surface area (Å²) in [6.45, 7) is 4.78. The van der Waals surface area contributed by atoms with E-state index in [-0.39, 0.29) is 27.5 Å². The molecule has 0 radical (unpaired) electrons. The topological polar surface area (TPSA) is 105 Å². The Morgan fingerprint density at radius 3 is 1.70 bits per heavy atom. The van der Waals surface area contributed by atoms with Crippen LogP contribution in [0.2, 0.25) is 15.7 Å². The Hall–Kier alpha value is -3.83. The van der Waals surface area contributed by atoms with Crippen molar-refractivity contribution in [3.8, 4) is 0 Å². The molecular formula is C30H26Cl3N7O3. The van der Waals surface area contributed by atoms with E-state index in [0.717, 1.165) is 35.6 Å². The third kappa shape index (κ3) is 6.42. The highest BCUT2D eigenvalue weighted by molar-refractivity contribution is 6.33. The zero-order chi connectivity index (χ0) is 29.9. The number of carbonyl (C=O) groups is 2. The average Bonchev–Trinajstić information content (AvgIpc) is 3.50. The molecule has 2 aromatic carbocycles. The van der Waals surface area contributed by atoms with Crippen LogP contribution >= 0.6 is 34.8 Å². The van der Waals surface area contributed by atoms with E-state index < -0.39 is 0 Å². The molecular weight excluding hydrogens is 613 g/mol. The van der Waals surface area contributed by atoms with Gasteiger partial charge in [0.15, 0.2) is 0 Å². The predicted molar refractivity (Wildman–Crippen MR) is 162 cm³/mol. The number of fused-ring (bicyclic) bond motifs is 2. The average molecular weight is 639 g/mol. The van der Waals surface area contributed by atoms with Crippen molar-refractivity contribution < 1.29 is 14.3 Å². The molecule has 2 aromatic heterocycles. The Balaban J connectivity index is 0.000000157. The van der Waals surface area contributed by atoms with E-state index in [0.29, 0.717) is 56.3 Å². The van der Waals surface area contributed by atoms with Gasteiger partial charge in [-0.05, 0) is 34.3 Å². The molecule has 7 rings (SSSR count). The van der Waals surface area contributed by atoms with Crippen LogP contribution in [0.25, 0.3) is 0 Å². The molecule has 13 heteroatoms. The van der Waals surface area contributed by atoms with Gasteiger partial charge in [0.1, 0.15) is 22.4 Å². The van der Waals surface area contributed by atoms with Crippen LogP contribution in [0.15, 0.2) is 60.7 Å². The van der Waals surface area contributed by atoms with E-state index in [2.05, 4.69) is 24.8 Å². The molecule has 5 heterocycles. The second kappa shape index (κ2) is 12.8. The molecule has 3 aliphatic rings. The highest BCUT2D eigenvalue weighted by atomic mass is 35.5. The zero-order valence-corrected chi connectivity index (χ0v) is 25.2. The van der Waals surface area contributed by atoms with Crippen molar-refractivity contribution in [2.75, 3.05) is 31.2 Å². The first kappa shape index (κ1) is 29.3. The van der Waals surface area contributed by atoms with Gasteiger partial charge >= 0.3 is 0 Å². The number of hydrogen-bond donors (Lipinski definition) is 0. The van der Waals surface area contributed by atoms with Crippen molar-refractivity contribution in [1.29, 1.82) is 0 Å². The molecule has 0 saturated carbocycles. The predicted octanol–water partition coefficient (Wildman–Crippen LogP) is 5.06. The number of benzene rings is 2. The smallest absolute Gasteiger partial charge is 0.273 e. The molecule has 0 bridgehead atoms. The summed E-state index contributed by atoms with van der Waals surface area (Å²) in [6.07, 6.45) is 0. The number of aromatic nitrogens is 4. The first-order valence-electron chi connectivity index (χ1n) is 13.6. The van der Waals surface area contributed by atoms with Gasteiger partial charge in [-0.15, -0.1) is 0 Å². The quantitative estimate of drug-likeness (QED) is 0.221. The highest BCUT2D eigenvalue weighted by Gasteiger charge is 2.35. The summed E-state index contributed by atoms with van der Waals surface area (Å²) < 4.78 is 5.40. The van der Waals surface area contributed by atoms with Crippen LogP contribution in [0.3, 0.4) is 0 Å². The molecule has 10 nitrogen and oxygen atoms in total. The van der Waals surface area contributed by atoms with Gasteiger partial charge in [-0.25, -0.2) is 19.9 Å². The number of hydrogen-bond acceptors (Lipinski definition) is 8. The van der Waals surface area contributed by atoms with Crippen LogP contribution in [0, 0.1) is 0 Å². The normalized spacial score (nSPS) is 15.7. The maximum Gasteiger partial charge on any atom is 0.273 e. The molecule has 1 saturated heterocycles. The lowest BCUT2D eigenvalue weighted by molar-refractivity contribution is 0.0755. The largest absolute Gasteiger partial charge is 0.378 e. The molecule has 43 heavy (non-hydrogen) atoms. The molecule has 0 unspecified atom stereocenters. The molecule has 220 valence electrons. The van der Waals surface area contributed by atoms with Crippen LogP contribution in [0.5, 0.6) is 0 Å². The van der Waals surface area contributed by atoms with E-state index in [1.165, 1.54) is 0 Å². The molecule has 3 aliphatic heterocycles. The Morgan fingerprint density at radius 1 is 0.651 bits per heavy atom. The van der Waals surface area contributed by atoms with Crippen LogP contribution in [-0.4, -0.2) is 67.9 Å². The molecule has 0 atom stereocenters. The van der Waals surface area contributed by atoms with Gasteiger partial charge in [-0.2, -0.15) is 0 Å². The van der Waals surface area contributed by atoms with Crippen molar-refractivity contribution in [3.63, 3.8) is 0 Å². The molecule has 4 aromatic rings. The number of anilines is 1. The van der Waals surface area contributed by atoms with E-state index in [1.54, 1.807) is 9.80 Å². The SMILES string of the molecule is O=C1c2nc(Cl)nc(Cl)c2CN1Cc1ccccc1.O=C1c2nc(Cl)nc(N3CCOCC3)c2CN1Cc1ccccc1. The van der Waals surface area contributed by atoms with E-state index in [1.807, 2.05) is 60.7 Å². The molecule has 1 fully saturated rings. The fourth-order valence-corrected chi connectivity index (χ4v) is 5.85. The summed E-state index contributed by atoms with van der Waals surface area (Å²) in [5, 5.41) is 0.364. The zero-order valence-electron chi connectivity index (χ0n) is 22.9. The van der Waals surface area contributed by atoms with Gasteiger partial charge in [0.2, 0.25) is 10.6 Å². The minimum atomic E-state index is -0.162. The van der Waals surface area contributed by atoms with Crippen LogP contribution in [0.4, 0.5) is 5.82 Å². The third-order valence-electron chi connectivity index (χ3n) is 7.31. The number of morpholine rings is 1. The first-order valence-corrected chi connectivity index (χ1v) is 14.8. The van der Waals surface area contributed by atoms with Crippen molar-refractivity contribution in [2.24, 2.45) is 0 Å². The van der Waals surface area contributed by atoms with Crippen LogP contribution < -0.4 is 4.90 Å². The van der Waals surface area contributed by atoms with Gasteiger partial charge in [0.05, 0.1) is 26.3 Å². The van der Waals surface area contributed by atoms with Gasteiger partial charge < -0.3 is 19.4 Å². The minimum Gasteiger partial charge on any atom is -0.378 e. The fraction of sp³-hybridized carbons (Fsp3) is 0.267. The summed E-state index contributed by atoms with van der Waals surface area (Å²) in [5.41, 5.74) is 4.38. The van der Waals surface area contributed by atoms with Gasteiger partial charge in [-0.3, -0.25) is 9.59 Å². The standard InChI is InChI=1S/C17H17ClN4O2.C13H9Cl2N3O/c18-17-19-14-13(15(20-17)21-6-8-24-9-7-21)11-22(16(14)23)10-12-4-2-1-3-5-12;14-11-9-7-18(6-8-4-2-1-3-5-8)12(19)10(9)16-13(15)17-11/h1-5H,6-11H2;1-5H,6-7H2. The van der Waals surface area contributed by atoms with E-state index in [9.17, 15) is 9.59 Å². The molecule has 0 N–H and O–H groups in total. The Labute approximate surface area is 263 Å². The first-order chi connectivity index (χ1) is 20.9. The second-order valence-electron chi connectivity index (χ2n) is 10.1. The lowest BCUT2D eigenvalue weighted by Gasteiger charge is -2.29. The number of ether oxygens (including phenoxy) is 1. The fourth-order valence-electron chi connectivity index (χ4n) is 5.24.